The van der Waals surface area contributed by atoms with Gasteiger partial charge in [0.15, 0.2) is 0 Å². The first-order valence-electron chi connectivity index (χ1n) is 7.49. The second-order valence-corrected chi connectivity index (χ2v) is 5.39. The summed E-state index contributed by atoms with van der Waals surface area (Å²) in [6.45, 7) is 0. The fraction of sp³-hybridized carbons (Fsp3) is 0. The predicted octanol–water partition coefficient (Wildman–Crippen LogP) is 2.92. The van der Waals surface area contributed by atoms with Crippen molar-refractivity contribution in [2.45, 2.75) is 0 Å². The molecule has 0 saturated carbocycles. The zero-order chi connectivity index (χ0) is 18.7. The number of hydrogen-bond acceptors (Lipinski definition) is 6. The normalized spacial score (nSPS) is 10.9. The van der Waals surface area contributed by atoms with E-state index in [4.69, 9.17) is 0 Å². The fourth-order valence-corrected chi connectivity index (χ4v) is 2.43. The molecule has 1 amide bonds. The Balaban J connectivity index is 1.81. The summed E-state index contributed by atoms with van der Waals surface area (Å²) < 4.78 is 0. The third-order valence-electron chi connectivity index (χ3n) is 3.72. The number of aromatic hydroxyl groups is 2. The Hall–Kier alpha value is -3.94. The number of nitrogens with zero attached hydrogens (tertiary/aromatic N) is 2. The highest BCUT2D eigenvalue weighted by molar-refractivity contribution is 6.01. The number of phenols is 2. The molecule has 8 heteroatoms. The Morgan fingerprint density at radius 1 is 1.08 bits per heavy atom. The lowest BCUT2D eigenvalue weighted by Crippen LogP contribution is -2.17. The molecule has 0 atom stereocenters. The van der Waals surface area contributed by atoms with Crippen LogP contribution in [0.5, 0.6) is 11.5 Å². The van der Waals surface area contributed by atoms with Gasteiger partial charge in [-0.05, 0) is 29.0 Å². The van der Waals surface area contributed by atoms with Crippen LogP contribution >= 0.6 is 0 Å². The monoisotopic (exact) mass is 351 g/mol. The molecule has 130 valence electrons. The molecule has 0 bridgehead atoms. The van der Waals surface area contributed by atoms with Crippen molar-refractivity contribution in [1.82, 2.24) is 5.43 Å². The fourth-order valence-electron chi connectivity index (χ4n) is 2.43. The number of phenolic OH excluding ortho intramolecular Hbond substituents is 2. The molecule has 3 aromatic carbocycles. The van der Waals surface area contributed by atoms with Crippen molar-refractivity contribution in [3.05, 3.63) is 75.8 Å². The van der Waals surface area contributed by atoms with Crippen molar-refractivity contribution < 1.29 is 19.9 Å². The third-order valence-corrected chi connectivity index (χ3v) is 3.72. The average molecular weight is 351 g/mol. The smallest absolute Gasteiger partial charge is 0.311 e. The maximum absolute atomic E-state index is 12.2. The van der Waals surface area contributed by atoms with Crippen LogP contribution in [0.1, 0.15) is 15.9 Å². The summed E-state index contributed by atoms with van der Waals surface area (Å²) in [7, 11) is 0. The van der Waals surface area contributed by atoms with Crippen LogP contribution in [0, 0.1) is 10.1 Å². The molecule has 26 heavy (non-hydrogen) atoms. The molecule has 0 aromatic heterocycles. The van der Waals surface area contributed by atoms with E-state index < -0.39 is 22.3 Å². The van der Waals surface area contributed by atoms with Gasteiger partial charge in [0, 0.05) is 11.6 Å². The Morgan fingerprint density at radius 3 is 2.46 bits per heavy atom. The summed E-state index contributed by atoms with van der Waals surface area (Å²) >= 11 is 0. The Kier molecular flexibility index (Phi) is 4.48. The molecule has 0 radical (unpaired) electrons. The van der Waals surface area contributed by atoms with E-state index in [1.54, 1.807) is 12.1 Å². The molecule has 0 aliphatic heterocycles. The second-order valence-electron chi connectivity index (χ2n) is 5.39. The van der Waals surface area contributed by atoms with Crippen molar-refractivity contribution in [2.24, 2.45) is 5.10 Å². The van der Waals surface area contributed by atoms with E-state index in [2.05, 4.69) is 10.5 Å². The molecule has 0 unspecified atom stereocenters. The molecular formula is C18H13N3O5. The van der Waals surface area contributed by atoms with E-state index in [1.807, 2.05) is 12.1 Å². The van der Waals surface area contributed by atoms with E-state index in [0.717, 1.165) is 23.1 Å². The number of hydrazone groups is 1. The van der Waals surface area contributed by atoms with Crippen molar-refractivity contribution in [1.29, 1.82) is 0 Å². The standard InChI is InChI=1S/C18H13N3O5/c22-16-9-12-5-2-1-4-11(12)8-14(16)18(24)20-19-10-13-6-3-7-15(17(13)23)21(25)26/h1-10,22-23H,(H,20,24). The van der Waals surface area contributed by atoms with Gasteiger partial charge in [-0.3, -0.25) is 14.9 Å². The first-order valence-corrected chi connectivity index (χ1v) is 7.49. The maximum atomic E-state index is 12.2. The van der Waals surface area contributed by atoms with Crippen LogP contribution in [0.25, 0.3) is 10.8 Å². The Labute approximate surface area is 147 Å². The first kappa shape index (κ1) is 16.9. The summed E-state index contributed by atoms with van der Waals surface area (Å²) in [5, 5.41) is 35.9. The minimum absolute atomic E-state index is 0.0316. The lowest BCUT2D eigenvalue weighted by Gasteiger charge is -2.06. The predicted molar refractivity (Wildman–Crippen MR) is 95.4 cm³/mol. The molecule has 0 saturated heterocycles. The van der Waals surface area contributed by atoms with Crippen molar-refractivity contribution in [3.63, 3.8) is 0 Å². The lowest BCUT2D eigenvalue weighted by atomic mass is 10.1. The highest BCUT2D eigenvalue weighted by atomic mass is 16.6. The van der Waals surface area contributed by atoms with Crippen molar-refractivity contribution in [3.8, 4) is 11.5 Å². The number of fused-ring (bicyclic) bond motifs is 1. The van der Waals surface area contributed by atoms with Crippen LogP contribution in [-0.4, -0.2) is 27.3 Å². The summed E-state index contributed by atoms with van der Waals surface area (Å²) in [5.74, 6) is -1.41. The summed E-state index contributed by atoms with van der Waals surface area (Å²) in [4.78, 5) is 22.3. The van der Waals surface area contributed by atoms with Crippen LogP contribution in [0.15, 0.2) is 59.7 Å². The number of amides is 1. The molecule has 0 fully saturated rings. The highest BCUT2D eigenvalue weighted by Crippen LogP contribution is 2.28. The van der Waals surface area contributed by atoms with Crippen LogP contribution < -0.4 is 5.43 Å². The Morgan fingerprint density at radius 2 is 1.77 bits per heavy atom. The van der Waals surface area contributed by atoms with E-state index in [-0.39, 0.29) is 16.9 Å². The number of nitro groups is 1. The maximum Gasteiger partial charge on any atom is 0.311 e. The van der Waals surface area contributed by atoms with Gasteiger partial charge in [-0.2, -0.15) is 5.10 Å². The van der Waals surface area contributed by atoms with Gasteiger partial charge in [-0.15, -0.1) is 0 Å². The van der Waals surface area contributed by atoms with E-state index in [1.165, 1.54) is 24.3 Å². The van der Waals surface area contributed by atoms with Gasteiger partial charge in [0.2, 0.25) is 5.75 Å². The molecule has 3 aromatic rings. The van der Waals surface area contributed by atoms with Crippen molar-refractivity contribution >= 4 is 28.6 Å². The van der Waals surface area contributed by atoms with Gasteiger partial charge in [-0.1, -0.05) is 30.3 Å². The quantitative estimate of drug-likeness (QED) is 0.378. The number of para-hydroxylation sites is 1. The van der Waals surface area contributed by atoms with Crippen LogP contribution in [-0.2, 0) is 0 Å². The van der Waals surface area contributed by atoms with Gasteiger partial charge in [0.1, 0.15) is 5.75 Å². The minimum Gasteiger partial charge on any atom is -0.507 e. The highest BCUT2D eigenvalue weighted by Gasteiger charge is 2.15. The Bertz CT molecular complexity index is 1050. The third kappa shape index (κ3) is 3.29. The van der Waals surface area contributed by atoms with Crippen LogP contribution in [0.3, 0.4) is 0 Å². The molecule has 3 N–H and O–H groups in total. The number of benzene rings is 3. The molecule has 8 nitrogen and oxygen atoms in total. The van der Waals surface area contributed by atoms with Gasteiger partial charge < -0.3 is 10.2 Å². The largest absolute Gasteiger partial charge is 0.507 e. The molecule has 0 spiro atoms. The molecule has 3 rings (SSSR count). The topological polar surface area (TPSA) is 125 Å². The molecule has 0 heterocycles. The number of carbonyl (C=O) groups is 1. The number of hydrogen-bond donors (Lipinski definition) is 3. The zero-order valence-corrected chi connectivity index (χ0v) is 13.3. The van der Waals surface area contributed by atoms with Crippen molar-refractivity contribution in [2.75, 3.05) is 0 Å². The minimum atomic E-state index is -0.724. The van der Waals surface area contributed by atoms with Gasteiger partial charge >= 0.3 is 5.69 Å². The summed E-state index contributed by atoms with van der Waals surface area (Å²) in [6, 6.07) is 14.2. The molecule has 0 aliphatic carbocycles. The number of nitrogens with one attached hydrogen (secondary N) is 1. The number of carbonyl (C=O) groups excluding carboxylic acids is 1. The number of nitro benzene ring substituents is 1. The SMILES string of the molecule is O=C(NN=Cc1cccc([N+](=O)[O-])c1O)c1cc2ccccc2cc1O. The van der Waals surface area contributed by atoms with Gasteiger partial charge in [0.25, 0.3) is 5.91 Å². The first-order chi connectivity index (χ1) is 12.5. The van der Waals surface area contributed by atoms with Gasteiger partial charge in [0.05, 0.1) is 16.7 Å². The van der Waals surface area contributed by atoms with E-state index in [9.17, 15) is 25.1 Å². The lowest BCUT2D eigenvalue weighted by molar-refractivity contribution is -0.385. The summed E-state index contributed by atoms with van der Waals surface area (Å²) in [6.07, 6.45) is 1.08. The van der Waals surface area contributed by atoms with Gasteiger partial charge in [-0.25, -0.2) is 5.43 Å². The van der Waals surface area contributed by atoms with Crippen LogP contribution in [0.4, 0.5) is 5.69 Å². The number of rotatable bonds is 4. The molecular weight excluding hydrogens is 338 g/mol. The van der Waals surface area contributed by atoms with Crippen LogP contribution in [0.2, 0.25) is 0 Å². The van der Waals surface area contributed by atoms with E-state index in [0.29, 0.717) is 0 Å². The summed E-state index contributed by atoms with van der Waals surface area (Å²) in [5.41, 5.74) is 1.86. The second kappa shape index (κ2) is 6.89. The average Bonchev–Trinajstić information content (AvgIpc) is 2.62. The molecule has 0 aliphatic rings. The van der Waals surface area contributed by atoms with E-state index >= 15 is 0 Å². The zero-order valence-electron chi connectivity index (χ0n) is 13.3.